The second kappa shape index (κ2) is 15.1. The topological polar surface area (TPSA) is 193 Å². The molecule has 326 valence electrons. The van der Waals surface area contributed by atoms with Gasteiger partial charge in [0.15, 0.2) is 0 Å². The summed E-state index contributed by atoms with van der Waals surface area (Å²) in [5.41, 5.74) is -2.74. The standard InChI is InChI=1S/C41H52ClF2N7O8S/c1-22-10-8-9-11-25-19-41(25,35(54)48-60(57,58)39(6)14-15-39)47-32(52)30-18-27(59-33-28-17-26(42)12-13-29(28)50-20-24(3)45-36(50)46-33)21-49(30)34(53)31(23(2)16-22)51(37(55)56)38(4,5)40(7,43)44/h9,11-13,17,20,22-23,25,27,30-31H,8,10,14-16,18-19,21H2,1-7H3,(H,47,52)(H,48,54)(H,55,56)/b11-9-/t22-,23+,25+,27+,30-,31-,41+/m0/s1. The third-order valence-electron chi connectivity index (χ3n) is 13.1. The van der Waals surface area contributed by atoms with Crippen molar-refractivity contribution in [3.63, 3.8) is 0 Å². The minimum atomic E-state index is -4.10. The van der Waals surface area contributed by atoms with E-state index in [1.165, 1.54) is 6.92 Å². The van der Waals surface area contributed by atoms with Crippen molar-refractivity contribution in [2.24, 2.45) is 17.8 Å². The van der Waals surface area contributed by atoms with E-state index in [0.29, 0.717) is 64.9 Å². The second-order valence-electron chi connectivity index (χ2n) is 18.1. The van der Waals surface area contributed by atoms with Gasteiger partial charge in [-0.1, -0.05) is 37.6 Å². The molecule has 19 heteroatoms. The SMILES string of the molecule is Cc1cn2c(n1)nc(O[C@@H]1C[C@H]3C(=O)N[C@]4(C(=O)NS(=O)(=O)C5(C)CC5)C[C@H]4/C=C\CC[C@H](C)C[C@@H](C)[C@H](N(C(=O)O)C(C)(C)C(C)(F)F)C(=O)N3C1)c1cc(Cl)ccc12. The van der Waals surface area contributed by atoms with Gasteiger partial charge in [0.05, 0.1) is 27.9 Å². The summed E-state index contributed by atoms with van der Waals surface area (Å²) >= 11 is 6.42. The van der Waals surface area contributed by atoms with Gasteiger partial charge < -0.3 is 20.1 Å². The van der Waals surface area contributed by atoms with Crippen LogP contribution in [0, 0.1) is 24.7 Å². The number of aryl methyl sites for hydroxylation is 1. The van der Waals surface area contributed by atoms with Crippen molar-refractivity contribution in [1.29, 1.82) is 0 Å². The van der Waals surface area contributed by atoms with E-state index in [-0.39, 0.29) is 37.6 Å². The smallest absolute Gasteiger partial charge is 0.408 e. The number of rotatable bonds is 8. The van der Waals surface area contributed by atoms with Crippen molar-refractivity contribution in [2.75, 3.05) is 6.54 Å². The number of halogens is 3. The Labute approximate surface area is 352 Å². The molecule has 0 bridgehead atoms. The predicted octanol–water partition coefficient (Wildman–Crippen LogP) is 5.86. The van der Waals surface area contributed by atoms with E-state index in [9.17, 15) is 27.9 Å². The summed E-state index contributed by atoms with van der Waals surface area (Å²) in [6, 6.07) is 2.01. The van der Waals surface area contributed by atoms with Gasteiger partial charge in [-0.2, -0.15) is 4.98 Å². The molecule has 3 N–H and O–H groups in total. The van der Waals surface area contributed by atoms with Crippen molar-refractivity contribution in [3.05, 3.63) is 47.3 Å². The summed E-state index contributed by atoms with van der Waals surface area (Å²) in [6.07, 6.45) is 4.69. The number of alkyl halides is 2. The molecule has 4 aliphatic rings. The highest BCUT2D eigenvalue weighted by molar-refractivity contribution is 7.91. The Morgan fingerprint density at radius 2 is 1.83 bits per heavy atom. The van der Waals surface area contributed by atoms with Crippen LogP contribution in [0.25, 0.3) is 16.7 Å². The van der Waals surface area contributed by atoms with Gasteiger partial charge in [0.1, 0.15) is 29.3 Å². The third kappa shape index (κ3) is 7.77. The van der Waals surface area contributed by atoms with E-state index in [0.717, 1.165) is 18.7 Å². The van der Waals surface area contributed by atoms with Crippen molar-refractivity contribution >= 4 is 62.1 Å². The molecule has 0 spiro atoms. The maximum Gasteiger partial charge on any atom is 0.408 e. The minimum absolute atomic E-state index is 0.0795. The molecular weight excluding hydrogens is 824 g/mol. The van der Waals surface area contributed by atoms with Crippen LogP contribution in [0.2, 0.25) is 5.02 Å². The zero-order valence-corrected chi connectivity index (χ0v) is 36.2. The van der Waals surface area contributed by atoms with Crippen molar-refractivity contribution in [2.45, 2.75) is 133 Å². The fourth-order valence-electron chi connectivity index (χ4n) is 8.69. The number of carbonyl (C=O) groups excluding carboxylic acids is 3. The van der Waals surface area contributed by atoms with Crippen LogP contribution < -0.4 is 14.8 Å². The lowest BCUT2D eigenvalue weighted by Gasteiger charge is -2.47. The van der Waals surface area contributed by atoms with E-state index in [1.807, 2.05) is 13.0 Å². The van der Waals surface area contributed by atoms with Crippen LogP contribution in [0.3, 0.4) is 0 Å². The molecule has 1 aromatic carbocycles. The molecule has 4 amide bonds. The molecular formula is C41H52ClF2N7O8S. The van der Waals surface area contributed by atoms with E-state index < -0.39 is 85.6 Å². The number of hydrogen-bond acceptors (Lipinski definition) is 9. The van der Waals surface area contributed by atoms with Gasteiger partial charge in [0.25, 0.3) is 11.8 Å². The molecule has 2 aliphatic carbocycles. The fraction of sp³-hybridized carbons (Fsp3) is 0.610. The average Bonchev–Trinajstić information content (AvgIpc) is 3.96. The van der Waals surface area contributed by atoms with Crippen LogP contribution in [0.15, 0.2) is 36.5 Å². The van der Waals surface area contributed by atoms with E-state index >= 15 is 13.6 Å². The van der Waals surface area contributed by atoms with E-state index in [4.69, 9.17) is 16.3 Å². The molecule has 60 heavy (non-hydrogen) atoms. The zero-order chi connectivity index (χ0) is 43.9. The van der Waals surface area contributed by atoms with Crippen LogP contribution >= 0.6 is 11.6 Å². The first-order valence-corrected chi connectivity index (χ1v) is 22.1. The quantitative estimate of drug-likeness (QED) is 0.231. The Kier molecular flexibility index (Phi) is 10.9. The van der Waals surface area contributed by atoms with Crippen molar-refractivity contribution in [1.82, 2.24) is 34.2 Å². The molecule has 1 saturated heterocycles. The number of carbonyl (C=O) groups is 4. The lowest BCUT2D eigenvalue weighted by molar-refractivity contribution is -0.156. The number of aromatic nitrogens is 3. The predicted molar refractivity (Wildman–Crippen MR) is 218 cm³/mol. The zero-order valence-electron chi connectivity index (χ0n) is 34.7. The van der Waals surface area contributed by atoms with Crippen LogP contribution in [0.1, 0.15) is 92.2 Å². The maximum absolute atomic E-state index is 15.4. The molecule has 3 fully saturated rings. The number of fused-ring (bicyclic) bond motifs is 5. The molecule has 2 aromatic heterocycles. The third-order valence-corrected chi connectivity index (χ3v) is 15.5. The summed E-state index contributed by atoms with van der Waals surface area (Å²) < 4.78 is 66.7. The number of allylic oxidation sites excluding steroid dienone is 1. The van der Waals surface area contributed by atoms with Gasteiger partial charge in [-0.25, -0.2) is 27.0 Å². The average molecular weight is 876 g/mol. The van der Waals surface area contributed by atoms with Gasteiger partial charge >= 0.3 is 6.09 Å². The Morgan fingerprint density at radius 3 is 2.48 bits per heavy atom. The van der Waals surface area contributed by atoms with Crippen LogP contribution in [0.5, 0.6) is 5.88 Å². The fourth-order valence-corrected chi connectivity index (χ4v) is 10.2. The number of benzene rings is 1. The number of carboxylic acid groups (broad SMARTS) is 1. The Hall–Kier alpha value is -4.58. The van der Waals surface area contributed by atoms with Gasteiger partial charge in [0.2, 0.25) is 33.5 Å². The number of imidazole rings is 1. The summed E-state index contributed by atoms with van der Waals surface area (Å²) in [6.45, 7) is 9.31. The molecule has 7 atom stereocenters. The van der Waals surface area contributed by atoms with E-state index in [2.05, 4.69) is 20.0 Å². The van der Waals surface area contributed by atoms with Gasteiger partial charge in [0, 0.05) is 30.5 Å². The number of hydrogen-bond donors (Lipinski definition) is 3. The molecule has 0 unspecified atom stereocenters. The summed E-state index contributed by atoms with van der Waals surface area (Å²) in [4.78, 5) is 67.9. The van der Waals surface area contributed by atoms with Crippen LogP contribution in [0.4, 0.5) is 13.6 Å². The summed E-state index contributed by atoms with van der Waals surface area (Å²) in [5.74, 6) is -7.34. The highest BCUT2D eigenvalue weighted by Gasteiger charge is 2.63. The molecule has 15 nitrogen and oxygen atoms in total. The number of ether oxygens (including phenoxy) is 1. The number of nitrogens with zero attached hydrogens (tertiary/aromatic N) is 5. The second-order valence-corrected chi connectivity index (χ2v) is 20.8. The van der Waals surface area contributed by atoms with Crippen LogP contribution in [-0.4, -0.2) is 108 Å². The molecule has 3 aromatic rings. The highest BCUT2D eigenvalue weighted by atomic mass is 35.5. The van der Waals surface area contributed by atoms with Crippen molar-refractivity contribution in [3.8, 4) is 5.88 Å². The first kappa shape index (κ1) is 43.5. The molecule has 4 heterocycles. The number of nitrogens with one attached hydrogen (secondary N) is 2. The summed E-state index contributed by atoms with van der Waals surface area (Å²) in [5, 5.41) is 14.3. The molecule has 0 radical (unpaired) electrons. The molecule has 2 saturated carbocycles. The lowest BCUT2D eigenvalue weighted by atomic mass is 9.84. The van der Waals surface area contributed by atoms with Gasteiger partial charge in [-0.3, -0.25) is 28.4 Å². The van der Waals surface area contributed by atoms with E-state index in [1.54, 1.807) is 48.7 Å². The molecule has 7 rings (SSSR count). The normalized spacial score (nSPS) is 29.1. The monoisotopic (exact) mass is 875 g/mol. The number of sulfonamides is 1. The van der Waals surface area contributed by atoms with Crippen LogP contribution in [-0.2, 0) is 24.4 Å². The lowest BCUT2D eigenvalue weighted by Crippen LogP contribution is -2.66. The number of amides is 4. The minimum Gasteiger partial charge on any atom is -0.472 e. The van der Waals surface area contributed by atoms with Gasteiger partial charge in [-0.15, -0.1) is 0 Å². The Morgan fingerprint density at radius 1 is 1.13 bits per heavy atom. The van der Waals surface area contributed by atoms with Gasteiger partial charge in [-0.05, 0) is 96.3 Å². The Bertz CT molecular complexity index is 2400. The Balaban J connectivity index is 1.32. The molecule has 2 aliphatic heterocycles. The maximum atomic E-state index is 15.4. The first-order chi connectivity index (χ1) is 27.9. The summed E-state index contributed by atoms with van der Waals surface area (Å²) in [7, 11) is -4.10. The van der Waals surface area contributed by atoms with Crippen molar-refractivity contribution < 1.29 is 46.2 Å². The highest BCUT2D eigenvalue weighted by Crippen LogP contribution is 2.48. The first-order valence-electron chi connectivity index (χ1n) is 20.3. The largest absolute Gasteiger partial charge is 0.472 e.